The summed E-state index contributed by atoms with van der Waals surface area (Å²) in [6.45, 7) is 6.88. The van der Waals surface area contributed by atoms with E-state index in [0.717, 1.165) is 41.8 Å². The van der Waals surface area contributed by atoms with Crippen LogP contribution < -0.4 is 5.32 Å². The molecule has 1 amide bonds. The second kappa shape index (κ2) is 9.87. The second-order valence-electron chi connectivity index (χ2n) is 7.48. The number of fused-ring (bicyclic) bond motifs is 1. The predicted molar refractivity (Wildman–Crippen MR) is 128 cm³/mol. The Bertz CT molecular complexity index is 1150. The number of thioether (sulfide) groups is 1. The highest BCUT2D eigenvalue weighted by Crippen LogP contribution is 2.39. The number of anilines is 1. The number of thiophene rings is 1. The van der Waals surface area contributed by atoms with Gasteiger partial charge in [0, 0.05) is 17.0 Å². The van der Waals surface area contributed by atoms with Gasteiger partial charge in [0.1, 0.15) is 5.00 Å². The summed E-state index contributed by atoms with van der Waals surface area (Å²) < 4.78 is 7.26. The number of carbonyl (C=O) groups is 2. The number of carbonyl (C=O) groups excluding carboxylic acids is 2. The highest BCUT2D eigenvalue weighted by Gasteiger charge is 2.28. The van der Waals surface area contributed by atoms with Crippen LogP contribution >= 0.6 is 23.1 Å². The Balaban J connectivity index is 1.48. The number of benzene rings is 1. The Morgan fingerprint density at radius 2 is 2.03 bits per heavy atom. The average Bonchev–Trinajstić information content (AvgIpc) is 3.46. The molecule has 168 valence electrons. The summed E-state index contributed by atoms with van der Waals surface area (Å²) in [7, 11) is 0. The normalized spacial score (nSPS) is 12.6. The zero-order chi connectivity index (χ0) is 22.7. The first-order valence-corrected chi connectivity index (χ1v) is 12.6. The van der Waals surface area contributed by atoms with Gasteiger partial charge >= 0.3 is 5.97 Å². The molecule has 0 radical (unpaired) electrons. The first-order valence-electron chi connectivity index (χ1n) is 10.8. The van der Waals surface area contributed by atoms with Gasteiger partial charge in [0.2, 0.25) is 5.91 Å². The highest BCUT2D eigenvalue weighted by molar-refractivity contribution is 7.99. The van der Waals surface area contributed by atoms with Crippen molar-refractivity contribution in [3.8, 4) is 11.4 Å². The summed E-state index contributed by atoms with van der Waals surface area (Å²) in [6.07, 6.45) is 2.83. The van der Waals surface area contributed by atoms with Crippen LogP contribution in [0.15, 0.2) is 29.4 Å². The molecule has 1 aliphatic carbocycles. The molecule has 9 heteroatoms. The van der Waals surface area contributed by atoms with Crippen molar-refractivity contribution in [2.24, 2.45) is 0 Å². The third-order valence-corrected chi connectivity index (χ3v) is 7.58. The van der Waals surface area contributed by atoms with E-state index in [9.17, 15) is 9.59 Å². The van der Waals surface area contributed by atoms with Crippen LogP contribution in [0.3, 0.4) is 0 Å². The number of aryl methyl sites for hydroxylation is 2. The molecule has 0 fully saturated rings. The van der Waals surface area contributed by atoms with E-state index in [1.807, 2.05) is 42.7 Å². The van der Waals surface area contributed by atoms with Gasteiger partial charge in [-0.3, -0.25) is 4.79 Å². The zero-order valence-electron chi connectivity index (χ0n) is 18.4. The lowest BCUT2D eigenvalue weighted by atomic mass is 10.1. The number of hydrogen-bond donors (Lipinski definition) is 1. The van der Waals surface area contributed by atoms with Gasteiger partial charge in [0.25, 0.3) is 0 Å². The molecule has 0 unspecified atom stereocenters. The topological polar surface area (TPSA) is 86.1 Å². The van der Waals surface area contributed by atoms with Crippen molar-refractivity contribution in [1.82, 2.24) is 14.8 Å². The van der Waals surface area contributed by atoms with Crippen LogP contribution in [0.4, 0.5) is 5.00 Å². The molecule has 0 bridgehead atoms. The van der Waals surface area contributed by atoms with Crippen molar-refractivity contribution in [3.05, 3.63) is 45.8 Å². The largest absolute Gasteiger partial charge is 0.462 e. The summed E-state index contributed by atoms with van der Waals surface area (Å²) in [6, 6.07) is 8.05. The maximum atomic E-state index is 12.7. The van der Waals surface area contributed by atoms with Gasteiger partial charge in [0.05, 0.1) is 17.9 Å². The predicted octanol–water partition coefficient (Wildman–Crippen LogP) is 4.73. The molecule has 0 saturated carbocycles. The fourth-order valence-electron chi connectivity index (χ4n) is 3.91. The number of nitrogens with zero attached hydrogens (tertiary/aromatic N) is 3. The third kappa shape index (κ3) is 4.45. The van der Waals surface area contributed by atoms with Gasteiger partial charge in [-0.05, 0) is 51.2 Å². The molecule has 0 atom stereocenters. The van der Waals surface area contributed by atoms with Crippen molar-refractivity contribution in [2.45, 2.75) is 51.7 Å². The van der Waals surface area contributed by atoms with Crippen LogP contribution in [0.5, 0.6) is 0 Å². The van der Waals surface area contributed by atoms with Gasteiger partial charge < -0.3 is 14.6 Å². The Kier molecular flexibility index (Phi) is 6.95. The maximum Gasteiger partial charge on any atom is 0.341 e. The van der Waals surface area contributed by atoms with Gasteiger partial charge in [-0.25, -0.2) is 4.79 Å². The van der Waals surface area contributed by atoms with Crippen molar-refractivity contribution in [1.29, 1.82) is 0 Å². The van der Waals surface area contributed by atoms with Crippen molar-refractivity contribution < 1.29 is 14.3 Å². The lowest BCUT2D eigenvalue weighted by Crippen LogP contribution is -2.17. The Hall–Kier alpha value is -2.65. The van der Waals surface area contributed by atoms with Gasteiger partial charge in [-0.1, -0.05) is 36.0 Å². The molecule has 2 heterocycles. The van der Waals surface area contributed by atoms with E-state index in [1.165, 1.54) is 28.0 Å². The molecule has 4 rings (SSSR count). The molecule has 1 N–H and O–H groups in total. The molecule has 2 aromatic heterocycles. The van der Waals surface area contributed by atoms with E-state index >= 15 is 0 Å². The molecule has 1 aliphatic rings. The van der Waals surface area contributed by atoms with E-state index in [4.69, 9.17) is 4.74 Å². The number of ether oxygens (including phenoxy) is 1. The Morgan fingerprint density at radius 3 is 2.78 bits per heavy atom. The minimum absolute atomic E-state index is 0.177. The fraction of sp³-hybridized carbons (Fsp3) is 0.391. The molecule has 32 heavy (non-hydrogen) atoms. The van der Waals surface area contributed by atoms with Crippen LogP contribution in [0.1, 0.15) is 46.6 Å². The lowest BCUT2D eigenvalue weighted by Gasteiger charge is -2.10. The van der Waals surface area contributed by atoms with Gasteiger partial charge in [-0.15, -0.1) is 21.5 Å². The van der Waals surface area contributed by atoms with Crippen LogP contribution in [0.25, 0.3) is 11.4 Å². The number of esters is 1. The Labute approximate surface area is 195 Å². The first kappa shape index (κ1) is 22.5. The van der Waals surface area contributed by atoms with E-state index in [2.05, 4.69) is 15.5 Å². The number of amides is 1. The highest BCUT2D eigenvalue weighted by atomic mass is 32.2. The minimum Gasteiger partial charge on any atom is -0.462 e. The molecule has 1 aromatic carbocycles. The van der Waals surface area contributed by atoms with Gasteiger partial charge in [0.15, 0.2) is 11.0 Å². The summed E-state index contributed by atoms with van der Waals surface area (Å²) in [5.41, 5.74) is 3.72. The third-order valence-electron chi connectivity index (χ3n) is 5.41. The van der Waals surface area contributed by atoms with E-state index in [1.54, 1.807) is 6.92 Å². The SMILES string of the molecule is CCOC(=O)c1c(NC(=O)CSc2nnc(-c3ccccc3C)n2CC)sc2c1CCC2. The van der Waals surface area contributed by atoms with E-state index in [-0.39, 0.29) is 17.6 Å². The number of hydrogen-bond acceptors (Lipinski definition) is 7. The molecular weight excluding hydrogens is 444 g/mol. The Morgan fingerprint density at radius 1 is 1.22 bits per heavy atom. The van der Waals surface area contributed by atoms with Crippen LogP contribution in [-0.4, -0.2) is 39.0 Å². The van der Waals surface area contributed by atoms with Crippen LogP contribution in [0.2, 0.25) is 0 Å². The first-order chi connectivity index (χ1) is 15.5. The number of aromatic nitrogens is 3. The summed E-state index contributed by atoms with van der Waals surface area (Å²) in [4.78, 5) is 26.4. The molecule has 0 aliphatic heterocycles. The average molecular weight is 471 g/mol. The molecular formula is C23H26N4O3S2. The lowest BCUT2D eigenvalue weighted by molar-refractivity contribution is -0.113. The monoisotopic (exact) mass is 470 g/mol. The maximum absolute atomic E-state index is 12.7. The quantitative estimate of drug-likeness (QED) is 0.378. The number of rotatable bonds is 8. The molecule has 7 nitrogen and oxygen atoms in total. The minimum atomic E-state index is -0.358. The van der Waals surface area contributed by atoms with Crippen molar-refractivity contribution >= 4 is 40.0 Å². The molecule has 0 saturated heterocycles. The standard InChI is InChI=1S/C23H26N4O3S2/c1-4-27-20(15-10-7-6-9-14(15)3)25-26-23(27)31-13-18(28)24-21-19(22(29)30-5-2)16-11-8-12-17(16)32-21/h6-7,9-10H,4-5,8,11-13H2,1-3H3,(H,24,28). The van der Waals surface area contributed by atoms with E-state index < -0.39 is 0 Å². The van der Waals surface area contributed by atoms with Crippen molar-refractivity contribution in [2.75, 3.05) is 17.7 Å². The smallest absolute Gasteiger partial charge is 0.341 e. The molecule has 0 spiro atoms. The summed E-state index contributed by atoms with van der Waals surface area (Å²) >= 11 is 2.83. The molecule has 3 aromatic rings. The zero-order valence-corrected chi connectivity index (χ0v) is 20.1. The summed E-state index contributed by atoms with van der Waals surface area (Å²) in [5, 5.41) is 12.9. The van der Waals surface area contributed by atoms with Gasteiger partial charge in [-0.2, -0.15) is 0 Å². The number of nitrogens with one attached hydrogen (secondary N) is 1. The van der Waals surface area contributed by atoms with Crippen molar-refractivity contribution in [3.63, 3.8) is 0 Å². The van der Waals surface area contributed by atoms with Crippen LogP contribution in [0, 0.1) is 6.92 Å². The fourth-order valence-corrected chi connectivity index (χ4v) is 6.00. The van der Waals surface area contributed by atoms with Crippen LogP contribution in [-0.2, 0) is 28.9 Å². The summed E-state index contributed by atoms with van der Waals surface area (Å²) in [5.74, 6) is 0.441. The second-order valence-corrected chi connectivity index (χ2v) is 9.53. The van der Waals surface area contributed by atoms with E-state index in [0.29, 0.717) is 28.9 Å².